The highest BCUT2D eigenvalue weighted by atomic mass is 16.5. The third-order valence-corrected chi connectivity index (χ3v) is 4.43. The van der Waals surface area contributed by atoms with Crippen LogP contribution in [0.5, 0.6) is 0 Å². The zero-order valence-corrected chi connectivity index (χ0v) is 13.8. The van der Waals surface area contributed by atoms with Crippen molar-refractivity contribution in [3.8, 4) is 0 Å². The van der Waals surface area contributed by atoms with Gasteiger partial charge in [-0.3, -0.25) is 4.79 Å². The lowest BCUT2D eigenvalue weighted by molar-refractivity contribution is -0.120. The molecule has 2 N–H and O–H groups in total. The van der Waals surface area contributed by atoms with Crippen LogP contribution in [0.15, 0.2) is 12.4 Å². The summed E-state index contributed by atoms with van der Waals surface area (Å²) in [6.45, 7) is 7.04. The van der Waals surface area contributed by atoms with Crippen molar-refractivity contribution >= 4 is 17.5 Å². The number of nitrogens with zero attached hydrogens (tertiary/aromatic N) is 3. The molecule has 1 aromatic rings. The van der Waals surface area contributed by atoms with Gasteiger partial charge in [-0.05, 0) is 26.7 Å². The number of hydrogen-bond acceptors (Lipinski definition) is 6. The van der Waals surface area contributed by atoms with E-state index in [4.69, 9.17) is 4.74 Å². The zero-order valence-electron chi connectivity index (χ0n) is 13.8. The Morgan fingerprint density at radius 2 is 2.13 bits per heavy atom. The summed E-state index contributed by atoms with van der Waals surface area (Å²) < 4.78 is 6.01. The molecule has 2 saturated heterocycles. The first-order chi connectivity index (χ1) is 11.1. The number of anilines is 2. The van der Waals surface area contributed by atoms with Crippen LogP contribution >= 0.6 is 0 Å². The average molecular weight is 319 g/mol. The van der Waals surface area contributed by atoms with Crippen LogP contribution in [0.25, 0.3) is 0 Å². The van der Waals surface area contributed by atoms with Crippen molar-refractivity contribution in [1.29, 1.82) is 0 Å². The lowest BCUT2D eigenvalue weighted by Crippen LogP contribution is -2.51. The Bertz CT molecular complexity index is 555. The van der Waals surface area contributed by atoms with E-state index in [-0.39, 0.29) is 11.5 Å². The predicted molar refractivity (Wildman–Crippen MR) is 88.5 cm³/mol. The van der Waals surface area contributed by atoms with Crippen LogP contribution in [-0.4, -0.2) is 53.8 Å². The third-order valence-electron chi connectivity index (χ3n) is 4.43. The largest absolute Gasteiger partial charge is 0.372 e. The number of piperidine rings is 1. The van der Waals surface area contributed by atoms with E-state index < -0.39 is 0 Å². The predicted octanol–water partition coefficient (Wildman–Crippen LogP) is 1.17. The number of nitrogens with one attached hydrogen (secondary N) is 2. The summed E-state index contributed by atoms with van der Waals surface area (Å²) in [7, 11) is 0. The highest BCUT2D eigenvalue weighted by Gasteiger charge is 2.37. The Morgan fingerprint density at radius 3 is 2.87 bits per heavy atom. The van der Waals surface area contributed by atoms with Gasteiger partial charge in [0, 0.05) is 38.2 Å². The van der Waals surface area contributed by atoms with E-state index >= 15 is 0 Å². The van der Waals surface area contributed by atoms with Gasteiger partial charge in [-0.15, -0.1) is 0 Å². The zero-order chi connectivity index (χ0) is 16.3. The Hall–Kier alpha value is -1.89. The maximum Gasteiger partial charge on any atom is 0.222 e. The molecule has 0 saturated carbocycles. The first-order valence-electron chi connectivity index (χ1n) is 8.31. The summed E-state index contributed by atoms with van der Waals surface area (Å²) in [4.78, 5) is 22.4. The molecule has 7 heteroatoms. The van der Waals surface area contributed by atoms with E-state index in [0.29, 0.717) is 25.6 Å². The Labute approximate surface area is 136 Å². The van der Waals surface area contributed by atoms with E-state index in [0.717, 1.165) is 37.6 Å². The van der Waals surface area contributed by atoms with Crippen LogP contribution < -0.4 is 15.5 Å². The van der Waals surface area contributed by atoms with Crippen molar-refractivity contribution in [2.24, 2.45) is 0 Å². The molecule has 1 aromatic heterocycles. The standard InChI is InChI=1S/C16H25N5O2/c1-12(2)20-13-9-14(19-11-18-13)21-6-4-16(5-7-21)10-17-15(22)3-8-23-16/h9,11-12H,3-8,10H2,1-2H3,(H,17,22)(H,18,19,20). The summed E-state index contributed by atoms with van der Waals surface area (Å²) >= 11 is 0. The Balaban J connectivity index is 1.63. The van der Waals surface area contributed by atoms with Crippen molar-refractivity contribution in [1.82, 2.24) is 15.3 Å². The summed E-state index contributed by atoms with van der Waals surface area (Å²) in [6.07, 6.45) is 3.85. The van der Waals surface area contributed by atoms with Gasteiger partial charge in [0.15, 0.2) is 0 Å². The minimum atomic E-state index is -0.214. The smallest absolute Gasteiger partial charge is 0.222 e. The summed E-state index contributed by atoms with van der Waals surface area (Å²) in [5.41, 5.74) is -0.214. The number of ether oxygens (including phenoxy) is 1. The minimum Gasteiger partial charge on any atom is -0.372 e. The molecule has 0 atom stereocenters. The Kier molecular flexibility index (Phi) is 4.66. The van der Waals surface area contributed by atoms with Gasteiger partial charge in [-0.1, -0.05) is 0 Å². The molecule has 1 spiro atoms. The van der Waals surface area contributed by atoms with Crippen LogP contribution in [-0.2, 0) is 9.53 Å². The van der Waals surface area contributed by atoms with Gasteiger partial charge >= 0.3 is 0 Å². The molecule has 0 bridgehead atoms. The lowest BCUT2D eigenvalue weighted by atomic mass is 9.91. The second kappa shape index (κ2) is 6.70. The SMILES string of the molecule is CC(C)Nc1cc(N2CCC3(CC2)CNC(=O)CCO3)ncn1. The molecule has 2 fully saturated rings. The van der Waals surface area contributed by atoms with Crippen molar-refractivity contribution in [2.45, 2.75) is 44.8 Å². The molecule has 2 aliphatic rings. The van der Waals surface area contributed by atoms with Crippen molar-refractivity contribution in [2.75, 3.05) is 36.5 Å². The number of carbonyl (C=O) groups is 1. The number of aromatic nitrogens is 2. The molecule has 3 rings (SSSR count). The van der Waals surface area contributed by atoms with E-state index in [2.05, 4.69) is 39.3 Å². The van der Waals surface area contributed by atoms with Crippen LogP contribution in [0.4, 0.5) is 11.6 Å². The molecule has 0 aliphatic carbocycles. The quantitative estimate of drug-likeness (QED) is 0.871. The van der Waals surface area contributed by atoms with Crippen LogP contribution in [0.2, 0.25) is 0 Å². The second-order valence-corrected chi connectivity index (χ2v) is 6.61. The monoisotopic (exact) mass is 319 g/mol. The molecule has 0 unspecified atom stereocenters. The molecular formula is C16H25N5O2. The molecule has 7 nitrogen and oxygen atoms in total. The normalized spacial score (nSPS) is 21.2. The average Bonchev–Trinajstić information content (AvgIpc) is 2.70. The van der Waals surface area contributed by atoms with E-state index in [1.807, 2.05) is 6.07 Å². The van der Waals surface area contributed by atoms with Crippen molar-refractivity contribution < 1.29 is 9.53 Å². The van der Waals surface area contributed by atoms with E-state index in [9.17, 15) is 4.79 Å². The van der Waals surface area contributed by atoms with Gasteiger partial charge in [-0.25, -0.2) is 9.97 Å². The van der Waals surface area contributed by atoms with Gasteiger partial charge in [0.25, 0.3) is 0 Å². The van der Waals surface area contributed by atoms with Gasteiger partial charge in [0.2, 0.25) is 5.91 Å². The highest BCUT2D eigenvalue weighted by molar-refractivity contribution is 5.76. The summed E-state index contributed by atoms with van der Waals surface area (Å²) in [5, 5.41) is 6.28. The number of hydrogen-bond donors (Lipinski definition) is 2. The lowest BCUT2D eigenvalue weighted by Gasteiger charge is -2.41. The molecule has 23 heavy (non-hydrogen) atoms. The van der Waals surface area contributed by atoms with Gasteiger partial charge in [-0.2, -0.15) is 0 Å². The van der Waals surface area contributed by atoms with E-state index in [1.54, 1.807) is 6.33 Å². The van der Waals surface area contributed by atoms with Gasteiger partial charge < -0.3 is 20.3 Å². The summed E-state index contributed by atoms with van der Waals surface area (Å²) in [5.74, 6) is 1.88. The topological polar surface area (TPSA) is 79.4 Å². The molecule has 126 valence electrons. The fourth-order valence-electron chi connectivity index (χ4n) is 3.12. The number of amides is 1. The van der Waals surface area contributed by atoms with Crippen LogP contribution in [0, 0.1) is 0 Å². The van der Waals surface area contributed by atoms with Crippen molar-refractivity contribution in [3.05, 3.63) is 12.4 Å². The van der Waals surface area contributed by atoms with Crippen molar-refractivity contribution in [3.63, 3.8) is 0 Å². The molecule has 0 aromatic carbocycles. The highest BCUT2D eigenvalue weighted by Crippen LogP contribution is 2.29. The first-order valence-corrected chi connectivity index (χ1v) is 8.31. The maximum absolute atomic E-state index is 11.5. The molecule has 2 aliphatic heterocycles. The molecule has 3 heterocycles. The summed E-state index contributed by atoms with van der Waals surface area (Å²) in [6, 6.07) is 2.33. The van der Waals surface area contributed by atoms with Crippen LogP contribution in [0.3, 0.4) is 0 Å². The molecule has 1 amide bonds. The molecule has 0 radical (unpaired) electrons. The number of rotatable bonds is 3. The minimum absolute atomic E-state index is 0.0875. The maximum atomic E-state index is 11.5. The van der Waals surface area contributed by atoms with Crippen LogP contribution in [0.1, 0.15) is 33.1 Å². The number of carbonyl (C=O) groups excluding carboxylic acids is 1. The van der Waals surface area contributed by atoms with Gasteiger partial charge in [0.1, 0.15) is 18.0 Å². The van der Waals surface area contributed by atoms with Gasteiger partial charge in [0.05, 0.1) is 12.2 Å². The van der Waals surface area contributed by atoms with E-state index in [1.165, 1.54) is 0 Å². The Morgan fingerprint density at radius 1 is 1.35 bits per heavy atom. The fraction of sp³-hybridized carbons (Fsp3) is 0.688. The second-order valence-electron chi connectivity index (χ2n) is 6.61. The third kappa shape index (κ3) is 3.90. The first kappa shape index (κ1) is 16.0. The fourth-order valence-corrected chi connectivity index (χ4v) is 3.12. The molecular weight excluding hydrogens is 294 g/mol.